The van der Waals surface area contributed by atoms with E-state index in [2.05, 4.69) is 19.7 Å². The Labute approximate surface area is 127 Å². The van der Waals surface area contributed by atoms with Gasteiger partial charge in [-0.3, -0.25) is 4.79 Å². The molecule has 6 nitrogen and oxygen atoms in total. The zero-order valence-corrected chi connectivity index (χ0v) is 12.6. The first kappa shape index (κ1) is 19.4. The summed E-state index contributed by atoms with van der Waals surface area (Å²) in [4.78, 5) is 13.7. The molecule has 0 atom stereocenters. The van der Waals surface area contributed by atoms with Gasteiger partial charge in [0.15, 0.2) is 0 Å². The molecular weight excluding hydrogens is 272 g/mol. The smallest absolute Gasteiger partial charge is 0.213 e. The molecule has 0 aromatic carbocycles. The van der Waals surface area contributed by atoms with Crippen LogP contribution in [-0.2, 0) is 19.0 Å². The van der Waals surface area contributed by atoms with Gasteiger partial charge in [-0.15, -0.1) is 0 Å². The number of rotatable bonds is 16. The summed E-state index contributed by atoms with van der Waals surface area (Å²) >= 11 is 0. The minimum atomic E-state index is 0.462. The zero-order valence-electron chi connectivity index (χ0n) is 12.6. The van der Waals surface area contributed by atoms with Gasteiger partial charge in [-0.05, 0) is 18.6 Å². The maximum absolute atomic E-state index is 10.5. The van der Waals surface area contributed by atoms with Gasteiger partial charge in [-0.1, -0.05) is 19.7 Å². The van der Waals surface area contributed by atoms with E-state index in [-0.39, 0.29) is 0 Å². The molecule has 0 spiro atoms. The second-order valence-electron chi connectivity index (χ2n) is 3.97. The highest BCUT2D eigenvalue weighted by Crippen LogP contribution is 1.89. The first-order valence-corrected chi connectivity index (χ1v) is 6.86. The van der Waals surface area contributed by atoms with Crippen molar-refractivity contribution in [2.24, 2.45) is 0 Å². The first-order chi connectivity index (χ1) is 10.3. The lowest BCUT2D eigenvalue weighted by Gasteiger charge is -2.14. The van der Waals surface area contributed by atoms with Crippen molar-refractivity contribution in [3.63, 3.8) is 0 Å². The van der Waals surface area contributed by atoms with Crippen LogP contribution in [0.25, 0.3) is 0 Å². The lowest BCUT2D eigenvalue weighted by atomic mass is 10.6. The van der Waals surface area contributed by atoms with Crippen LogP contribution < -0.4 is 0 Å². The molecule has 1 amide bonds. The van der Waals surface area contributed by atoms with Crippen molar-refractivity contribution < 1.29 is 19.0 Å². The third kappa shape index (κ3) is 11.9. The van der Waals surface area contributed by atoms with E-state index in [4.69, 9.17) is 14.2 Å². The van der Waals surface area contributed by atoms with Gasteiger partial charge in [-0.2, -0.15) is 0 Å². The summed E-state index contributed by atoms with van der Waals surface area (Å²) in [5.41, 5.74) is 0. The molecule has 0 aliphatic heterocycles. The molecule has 0 fully saturated rings. The predicted octanol–water partition coefficient (Wildman–Crippen LogP) is 1.23. The molecule has 21 heavy (non-hydrogen) atoms. The van der Waals surface area contributed by atoms with Crippen LogP contribution in [0.5, 0.6) is 0 Å². The number of nitrogens with zero attached hydrogens (tertiary/aromatic N) is 2. The highest BCUT2D eigenvalue weighted by atomic mass is 16.5. The van der Waals surface area contributed by atoms with Crippen LogP contribution in [0.3, 0.4) is 0 Å². The second kappa shape index (κ2) is 14.8. The van der Waals surface area contributed by atoms with E-state index in [1.807, 2.05) is 4.90 Å². The molecule has 0 rings (SSSR count). The fraction of sp³-hybridized carbons (Fsp3) is 0.533. The predicted molar refractivity (Wildman–Crippen MR) is 82.5 cm³/mol. The molecule has 0 aliphatic rings. The molecule has 0 radical (unpaired) electrons. The van der Waals surface area contributed by atoms with E-state index >= 15 is 0 Å². The van der Waals surface area contributed by atoms with Crippen molar-refractivity contribution in [2.75, 3.05) is 52.7 Å². The fourth-order valence-electron chi connectivity index (χ4n) is 1.33. The van der Waals surface area contributed by atoms with Gasteiger partial charge in [0.2, 0.25) is 6.41 Å². The summed E-state index contributed by atoms with van der Waals surface area (Å²) in [6, 6.07) is 0. The van der Waals surface area contributed by atoms with Crippen LogP contribution in [0.15, 0.2) is 38.3 Å². The summed E-state index contributed by atoms with van der Waals surface area (Å²) in [7, 11) is 0. The van der Waals surface area contributed by atoms with Gasteiger partial charge in [-0.25, -0.2) is 0 Å². The summed E-state index contributed by atoms with van der Waals surface area (Å²) in [5.74, 6) is 0. The van der Waals surface area contributed by atoms with Crippen molar-refractivity contribution in [3.05, 3.63) is 38.3 Å². The molecule has 0 saturated heterocycles. The number of carbonyl (C=O) groups excluding carboxylic acids is 1. The van der Waals surface area contributed by atoms with Crippen molar-refractivity contribution in [1.29, 1.82) is 0 Å². The second-order valence-corrected chi connectivity index (χ2v) is 3.97. The minimum absolute atomic E-state index is 0.462. The number of hydrogen-bond donors (Lipinski definition) is 0. The third-order valence-corrected chi connectivity index (χ3v) is 2.57. The summed E-state index contributed by atoms with van der Waals surface area (Å²) in [6.07, 6.45) is 5.57. The van der Waals surface area contributed by atoms with Crippen LogP contribution in [0.4, 0.5) is 0 Å². The van der Waals surface area contributed by atoms with Gasteiger partial charge in [0.05, 0.1) is 39.6 Å². The van der Waals surface area contributed by atoms with Crippen LogP contribution in [-0.4, -0.2) is 68.9 Å². The van der Waals surface area contributed by atoms with Crippen LogP contribution in [0.1, 0.15) is 0 Å². The standard InChI is InChI=1S/C15H26N2O4/c1-4-16(5-2)7-9-19-11-13-21-14-12-20-10-8-17(6-3)15-18/h4-6,15H,1-3,7-14H2. The van der Waals surface area contributed by atoms with E-state index in [1.165, 1.54) is 11.1 Å². The van der Waals surface area contributed by atoms with Crippen molar-refractivity contribution in [2.45, 2.75) is 0 Å². The Bertz CT molecular complexity index is 253. The van der Waals surface area contributed by atoms with E-state index in [0.29, 0.717) is 52.6 Å². The Morgan fingerprint density at radius 1 is 0.667 bits per heavy atom. The van der Waals surface area contributed by atoms with E-state index in [1.54, 1.807) is 12.4 Å². The molecule has 6 heteroatoms. The van der Waals surface area contributed by atoms with Crippen LogP contribution in [0.2, 0.25) is 0 Å². The molecule has 0 heterocycles. The number of ether oxygens (including phenoxy) is 3. The van der Waals surface area contributed by atoms with Crippen LogP contribution in [0, 0.1) is 0 Å². The highest BCUT2D eigenvalue weighted by molar-refractivity contribution is 5.48. The fourth-order valence-corrected chi connectivity index (χ4v) is 1.33. The van der Waals surface area contributed by atoms with E-state index in [0.717, 1.165) is 6.54 Å². The van der Waals surface area contributed by atoms with Crippen molar-refractivity contribution >= 4 is 6.41 Å². The van der Waals surface area contributed by atoms with Gasteiger partial charge >= 0.3 is 0 Å². The van der Waals surface area contributed by atoms with Gasteiger partial charge in [0.1, 0.15) is 0 Å². The number of hydrogen-bond acceptors (Lipinski definition) is 5. The van der Waals surface area contributed by atoms with E-state index < -0.39 is 0 Å². The molecule has 120 valence electrons. The molecule has 0 N–H and O–H groups in total. The van der Waals surface area contributed by atoms with Crippen molar-refractivity contribution in [1.82, 2.24) is 9.80 Å². The van der Waals surface area contributed by atoms with Crippen LogP contribution >= 0.6 is 0 Å². The molecule has 0 aliphatic carbocycles. The first-order valence-electron chi connectivity index (χ1n) is 6.86. The van der Waals surface area contributed by atoms with Gasteiger partial charge in [0, 0.05) is 13.1 Å². The third-order valence-electron chi connectivity index (χ3n) is 2.57. The Balaban J connectivity index is 3.22. The van der Waals surface area contributed by atoms with E-state index in [9.17, 15) is 4.79 Å². The maximum Gasteiger partial charge on any atom is 0.213 e. The SMILES string of the molecule is C=CN(C=C)CCOCCOCCOCCN(C=C)C=O. The normalized spacial score (nSPS) is 9.90. The summed E-state index contributed by atoms with van der Waals surface area (Å²) in [5, 5.41) is 0. The lowest BCUT2D eigenvalue weighted by molar-refractivity contribution is -0.116. The average Bonchev–Trinajstić information content (AvgIpc) is 2.52. The quantitative estimate of drug-likeness (QED) is 0.317. The molecule has 0 unspecified atom stereocenters. The number of carbonyl (C=O) groups is 1. The molecule has 0 bridgehead atoms. The Morgan fingerprint density at radius 3 is 1.43 bits per heavy atom. The average molecular weight is 298 g/mol. The lowest BCUT2D eigenvalue weighted by Crippen LogP contribution is -2.21. The topological polar surface area (TPSA) is 51.2 Å². The number of amides is 1. The monoisotopic (exact) mass is 298 g/mol. The zero-order chi connectivity index (χ0) is 15.8. The Hall–Kier alpha value is -1.63. The summed E-state index contributed by atoms with van der Waals surface area (Å²) in [6.45, 7) is 15.2. The highest BCUT2D eigenvalue weighted by Gasteiger charge is 1.96. The Kier molecular flexibility index (Phi) is 13.6. The molecule has 0 aromatic heterocycles. The largest absolute Gasteiger partial charge is 0.377 e. The van der Waals surface area contributed by atoms with Gasteiger partial charge in [0.25, 0.3) is 0 Å². The maximum atomic E-state index is 10.5. The Morgan fingerprint density at radius 2 is 1.05 bits per heavy atom. The molecular formula is C15H26N2O4. The molecule has 0 saturated carbocycles. The summed E-state index contributed by atoms with van der Waals surface area (Å²) < 4.78 is 16.1. The van der Waals surface area contributed by atoms with Crippen molar-refractivity contribution in [3.8, 4) is 0 Å². The van der Waals surface area contributed by atoms with Gasteiger partial charge < -0.3 is 24.0 Å². The molecule has 0 aromatic rings. The minimum Gasteiger partial charge on any atom is -0.377 e.